The number of nitrogens with zero attached hydrogens (tertiary/aromatic N) is 1. The van der Waals surface area contributed by atoms with Gasteiger partial charge >= 0.3 is 0 Å². The molecule has 0 bridgehead atoms. The molecular weight excluding hydrogens is 240 g/mol. The first-order valence-electron chi connectivity index (χ1n) is 6.73. The minimum atomic E-state index is -0.514. The molecule has 0 aliphatic heterocycles. The summed E-state index contributed by atoms with van der Waals surface area (Å²) in [6, 6.07) is 5.75. The summed E-state index contributed by atoms with van der Waals surface area (Å²) >= 11 is 0. The Kier molecular flexibility index (Phi) is 5.83. The maximum absolute atomic E-state index is 12.2. The fourth-order valence-electron chi connectivity index (χ4n) is 1.97. The summed E-state index contributed by atoms with van der Waals surface area (Å²) in [6.07, 6.45) is 0.552. The van der Waals surface area contributed by atoms with Crippen molar-refractivity contribution < 1.29 is 9.90 Å². The number of likely N-dealkylation sites (N-methyl/N-ethyl adjacent to an activating group) is 1. The van der Waals surface area contributed by atoms with Gasteiger partial charge < -0.3 is 15.3 Å². The van der Waals surface area contributed by atoms with E-state index in [2.05, 4.69) is 12.2 Å². The molecule has 1 amide bonds. The Morgan fingerprint density at radius 3 is 2.68 bits per heavy atom. The Hall–Kier alpha value is -1.55. The van der Waals surface area contributed by atoms with Gasteiger partial charge in [0.15, 0.2) is 0 Å². The van der Waals surface area contributed by atoms with Crippen LogP contribution in [0.25, 0.3) is 0 Å². The third-order valence-corrected chi connectivity index (χ3v) is 2.92. The van der Waals surface area contributed by atoms with E-state index in [-0.39, 0.29) is 5.91 Å². The first-order chi connectivity index (χ1) is 8.95. The largest absolute Gasteiger partial charge is 0.392 e. The van der Waals surface area contributed by atoms with Gasteiger partial charge in [0.2, 0.25) is 0 Å². The summed E-state index contributed by atoms with van der Waals surface area (Å²) in [7, 11) is 1.71. The van der Waals surface area contributed by atoms with Gasteiger partial charge in [-0.2, -0.15) is 0 Å². The van der Waals surface area contributed by atoms with E-state index in [0.29, 0.717) is 12.1 Å². The van der Waals surface area contributed by atoms with Crippen molar-refractivity contribution >= 4 is 11.6 Å². The molecule has 1 atom stereocenters. The first-order valence-corrected chi connectivity index (χ1v) is 6.73. The van der Waals surface area contributed by atoms with Gasteiger partial charge in [0, 0.05) is 31.4 Å². The Balaban J connectivity index is 2.81. The number of hydrogen-bond donors (Lipinski definition) is 2. The van der Waals surface area contributed by atoms with Crippen LogP contribution in [-0.2, 0) is 0 Å². The molecule has 0 aliphatic carbocycles. The van der Waals surface area contributed by atoms with Gasteiger partial charge in [-0.25, -0.2) is 0 Å². The average Bonchev–Trinajstić information content (AvgIpc) is 2.34. The lowest BCUT2D eigenvalue weighted by Gasteiger charge is -2.20. The molecule has 106 valence electrons. The standard InChI is InChI=1S/C15H24N2O2/c1-5-8-16-13-6-7-14(11(2)9-13)15(19)17(4)10-12(3)18/h6-7,9,12,16,18H,5,8,10H2,1-4H3. The molecule has 0 heterocycles. The number of rotatable bonds is 6. The van der Waals surface area contributed by atoms with Gasteiger partial charge in [0.1, 0.15) is 0 Å². The minimum absolute atomic E-state index is 0.0551. The molecule has 0 aliphatic rings. The second-order valence-corrected chi connectivity index (χ2v) is 4.99. The summed E-state index contributed by atoms with van der Waals surface area (Å²) in [6.45, 7) is 6.99. The van der Waals surface area contributed by atoms with E-state index in [1.807, 2.05) is 25.1 Å². The fourth-order valence-corrected chi connectivity index (χ4v) is 1.97. The Bertz CT molecular complexity index is 430. The summed E-state index contributed by atoms with van der Waals surface area (Å²) in [5.41, 5.74) is 2.67. The van der Waals surface area contributed by atoms with E-state index in [1.165, 1.54) is 0 Å². The van der Waals surface area contributed by atoms with Crippen LogP contribution >= 0.6 is 0 Å². The van der Waals surface area contributed by atoms with Crippen LogP contribution in [0.4, 0.5) is 5.69 Å². The van der Waals surface area contributed by atoms with Crippen LogP contribution < -0.4 is 5.32 Å². The number of aliphatic hydroxyl groups is 1. The number of benzene rings is 1. The monoisotopic (exact) mass is 264 g/mol. The molecule has 0 saturated carbocycles. The number of carbonyl (C=O) groups is 1. The zero-order valence-corrected chi connectivity index (χ0v) is 12.2. The summed E-state index contributed by atoms with van der Waals surface area (Å²) in [4.78, 5) is 13.8. The van der Waals surface area contributed by atoms with Crippen molar-refractivity contribution in [2.24, 2.45) is 0 Å². The van der Waals surface area contributed by atoms with E-state index in [9.17, 15) is 9.90 Å². The van der Waals surface area contributed by atoms with Crippen LogP contribution in [0, 0.1) is 6.92 Å². The smallest absolute Gasteiger partial charge is 0.253 e. The van der Waals surface area contributed by atoms with Crippen LogP contribution in [-0.4, -0.2) is 42.2 Å². The highest BCUT2D eigenvalue weighted by molar-refractivity contribution is 5.95. The van der Waals surface area contributed by atoms with Crippen molar-refractivity contribution in [1.82, 2.24) is 4.90 Å². The van der Waals surface area contributed by atoms with E-state index < -0.39 is 6.10 Å². The lowest BCUT2D eigenvalue weighted by Crippen LogP contribution is -2.33. The zero-order chi connectivity index (χ0) is 14.4. The number of carbonyl (C=O) groups excluding carboxylic acids is 1. The topological polar surface area (TPSA) is 52.6 Å². The predicted octanol–water partition coefficient (Wildman–Crippen LogP) is 2.27. The summed E-state index contributed by atoms with van der Waals surface area (Å²) in [5, 5.41) is 12.6. The number of anilines is 1. The quantitative estimate of drug-likeness (QED) is 0.828. The van der Waals surface area contributed by atoms with Crippen LogP contribution in [0.1, 0.15) is 36.2 Å². The Morgan fingerprint density at radius 2 is 2.16 bits per heavy atom. The van der Waals surface area contributed by atoms with Crippen molar-refractivity contribution in [3.8, 4) is 0 Å². The lowest BCUT2D eigenvalue weighted by molar-refractivity contribution is 0.0703. The van der Waals surface area contributed by atoms with Gasteiger partial charge in [-0.05, 0) is 44.0 Å². The van der Waals surface area contributed by atoms with Gasteiger partial charge in [-0.1, -0.05) is 6.92 Å². The molecule has 0 fully saturated rings. The van der Waals surface area contributed by atoms with E-state index in [1.54, 1.807) is 18.9 Å². The van der Waals surface area contributed by atoms with Crippen molar-refractivity contribution in [3.05, 3.63) is 29.3 Å². The van der Waals surface area contributed by atoms with Gasteiger partial charge in [-0.3, -0.25) is 4.79 Å². The molecule has 0 radical (unpaired) electrons. The number of amides is 1. The maximum atomic E-state index is 12.2. The molecule has 0 aromatic heterocycles. The molecule has 2 N–H and O–H groups in total. The van der Waals surface area contributed by atoms with Crippen LogP contribution in [0.5, 0.6) is 0 Å². The molecule has 4 nitrogen and oxygen atoms in total. The number of aliphatic hydroxyl groups excluding tert-OH is 1. The first kappa shape index (κ1) is 15.5. The normalized spacial score (nSPS) is 12.1. The molecule has 1 aromatic carbocycles. The van der Waals surface area contributed by atoms with Gasteiger partial charge in [0.25, 0.3) is 5.91 Å². The molecule has 1 unspecified atom stereocenters. The van der Waals surface area contributed by atoms with Crippen molar-refractivity contribution in [1.29, 1.82) is 0 Å². The van der Waals surface area contributed by atoms with Crippen LogP contribution in [0.3, 0.4) is 0 Å². The Labute approximate surface area is 115 Å². The second kappa shape index (κ2) is 7.14. The molecule has 19 heavy (non-hydrogen) atoms. The summed E-state index contributed by atoms with van der Waals surface area (Å²) < 4.78 is 0. The van der Waals surface area contributed by atoms with E-state index in [0.717, 1.165) is 24.2 Å². The molecule has 1 rings (SSSR count). The average molecular weight is 264 g/mol. The lowest BCUT2D eigenvalue weighted by atomic mass is 10.1. The molecule has 4 heteroatoms. The third kappa shape index (κ3) is 4.56. The molecule has 1 aromatic rings. The Morgan fingerprint density at radius 1 is 1.47 bits per heavy atom. The highest BCUT2D eigenvalue weighted by atomic mass is 16.3. The molecular formula is C15H24N2O2. The zero-order valence-electron chi connectivity index (χ0n) is 12.2. The van der Waals surface area contributed by atoms with Crippen LogP contribution in [0.15, 0.2) is 18.2 Å². The molecule has 0 saturated heterocycles. The second-order valence-electron chi connectivity index (χ2n) is 4.99. The minimum Gasteiger partial charge on any atom is -0.392 e. The van der Waals surface area contributed by atoms with Crippen molar-refractivity contribution in [3.63, 3.8) is 0 Å². The maximum Gasteiger partial charge on any atom is 0.253 e. The number of nitrogens with one attached hydrogen (secondary N) is 1. The SMILES string of the molecule is CCCNc1ccc(C(=O)N(C)CC(C)O)c(C)c1. The number of aryl methyl sites for hydroxylation is 1. The summed E-state index contributed by atoms with van der Waals surface area (Å²) in [5.74, 6) is -0.0551. The highest BCUT2D eigenvalue weighted by Gasteiger charge is 2.15. The molecule has 0 spiro atoms. The third-order valence-electron chi connectivity index (χ3n) is 2.92. The highest BCUT2D eigenvalue weighted by Crippen LogP contribution is 2.16. The van der Waals surface area contributed by atoms with Crippen LogP contribution in [0.2, 0.25) is 0 Å². The predicted molar refractivity (Wildman–Crippen MR) is 78.6 cm³/mol. The van der Waals surface area contributed by atoms with Crippen molar-refractivity contribution in [2.75, 3.05) is 25.5 Å². The van der Waals surface area contributed by atoms with Crippen molar-refractivity contribution in [2.45, 2.75) is 33.3 Å². The van der Waals surface area contributed by atoms with E-state index in [4.69, 9.17) is 0 Å². The van der Waals surface area contributed by atoms with E-state index >= 15 is 0 Å². The van der Waals surface area contributed by atoms with Gasteiger partial charge in [-0.15, -0.1) is 0 Å². The van der Waals surface area contributed by atoms with Gasteiger partial charge in [0.05, 0.1) is 6.10 Å². The fraction of sp³-hybridized carbons (Fsp3) is 0.533. The number of hydrogen-bond acceptors (Lipinski definition) is 3.